The Labute approximate surface area is 100 Å². The summed E-state index contributed by atoms with van der Waals surface area (Å²) in [5.41, 5.74) is -0.581. The van der Waals surface area contributed by atoms with Crippen molar-refractivity contribution in [3.05, 3.63) is 0 Å². The average molecular weight is 228 g/mol. The van der Waals surface area contributed by atoms with E-state index in [1.165, 1.54) is 6.42 Å². The van der Waals surface area contributed by atoms with Crippen LogP contribution in [0.2, 0.25) is 0 Å². The van der Waals surface area contributed by atoms with Crippen molar-refractivity contribution in [2.75, 3.05) is 6.61 Å². The van der Waals surface area contributed by atoms with Crippen LogP contribution in [0.1, 0.15) is 66.2 Å². The van der Waals surface area contributed by atoms with E-state index in [1.807, 2.05) is 0 Å². The third-order valence-corrected chi connectivity index (χ3v) is 3.89. The summed E-state index contributed by atoms with van der Waals surface area (Å²) in [4.78, 5) is 0. The maximum Gasteiger partial charge on any atom is 0.0697 e. The second kappa shape index (κ2) is 5.50. The van der Waals surface area contributed by atoms with Gasteiger partial charge in [0.15, 0.2) is 0 Å². The molecule has 0 radical (unpaired) electrons. The molecule has 0 amide bonds. The minimum atomic E-state index is -0.474. The summed E-state index contributed by atoms with van der Waals surface area (Å²) in [6, 6.07) is 0. The van der Waals surface area contributed by atoms with E-state index >= 15 is 0 Å². The number of hydrogen-bond donors (Lipinski definition) is 1. The van der Waals surface area contributed by atoms with Crippen LogP contribution in [0.4, 0.5) is 0 Å². The predicted octanol–water partition coefficient (Wildman–Crippen LogP) is 3.52. The SMILES string of the molecule is CCC1(C)CC(O)(CCCC(C)C)CCO1. The van der Waals surface area contributed by atoms with Gasteiger partial charge >= 0.3 is 0 Å². The largest absolute Gasteiger partial charge is 0.390 e. The molecule has 0 bridgehead atoms. The van der Waals surface area contributed by atoms with Crippen molar-refractivity contribution in [2.24, 2.45) is 5.92 Å². The van der Waals surface area contributed by atoms with Crippen LogP contribution in [0.25, 0.3) is 0 Å². The van der Waals surface area contributed by atoms with Crippen LogP contribution in [-0.2, 0) is 4.74 Å². The molecular formula is C14H28O2. The number of hydrogen-bond acceptors (Lipinski definition) is 2. The lowest BCUT2D eigenvalue weighted by atomic mass is 9.78. The van der Waals surface area contributed by atoms with E-state index in [4.69, 9.17) is 4.74 Å². The predicted molar refractivity (Wildman–Crippen MR) is 67.5 cm³/mol. The highest BCUT2D eigenvalue weighted by Crippen LogP contribution is 2.37. The zero-order valence-electron chi connectivity index (χ0n) is 11.4. The molecule has 2 unspecified atom stereocenters. The Bertz CT molecular complexity index is 215. The average Bonchev–Trinajstić information content (AvgIpc) is 2.16. The highest BCUT2D eigenvalue weighted by Gasteiger charge is 2.40. The van der Waals surface area contributed by atoms with Gasteiger partial charge in [-0.15, -0.1) is 0 Å². The molecule has 96 valence electrons. The Balaban J connectivity index is 2.43. The van der Waals surface area contributed by atoms with Crippen molar-refractivity contribution >= 4 is 0 Å². The summed E-state index contributed by atoms with van der Waals surface area (Å²) in [6.45, 7) is 9.45. The van der Waals surface area contributed by atoms with Gasteiger partial charge in [-0.2, -0.15) is 0 Å². The van der Waals surface area contributed by atoms with Crippen LogP contribution in [0.3, 0.4) is 0 Å². The lowest BCUT2D eigenvalue weighted by Gasteiger charge is -2.43. The summed E-state index contributed by atoms with van der Waals surface area (Å²) in [6.07, 6.45) is 5.87. The summed E-state index contributed by atoms with van der Waals surface area (Å²) < 4.78 is 5.78. The second-order valence-corrected chi connectivity index (χ2v) is 6.09. The molecule has 1 fully saturated rings. The van der Waals surface area contributed by atoms with Gasteiger partial charge < -0.3 is 9.84 Å². The molecule has 16 heavy (non-hydrogen) atoms. The Kier molecular flexibility index (Phi) is 4.81. The second-order valence-electron chi connectivity index (χ2n) is 6.09. The molecule has 2 heteroatoms. The summed E-state index contributed by atoms with van der Waals surface area (Å²) in [5, 5.41) is 10.6. The third kappa shape index (κ3) is 4.06. The van der Waals surface area contributed by atoms with Gasteiger partial charge in [0.2, 0.25) is 0 Å². The highest BCUT2D eigenvalue weighted by atomic mass is 16.5. The van der Waals surface area contributed by atoms with E-state index < -0.39 is 5.60 Å². The van der Waals surface area contributed by atoms with E-state index in [-0.39, 0.29) is 5.60 Å². The monoisotopic (exact) mass is 228 g/mol. The van der Waals surface area contributed by atoms with Gasteiger partial charge in [-0.1, -0.05) is 33.6 Å². The molecule has 1 aliphatic heterocycles. The van der Waals surface area contributed by atoms with Crippen LogP contribution in [-0.4, -0.2) is 22.9 Å². The van der Waals surface area contributed by atoms with Crippen molar-refractivity contribution in [2.45, 2.75) is 77.4 Å². The molecular weight excluding hydrogens is 200 g/mol. The lowest BCUT2D eigenvalue weighted by Crippen LogP contribution is -2.47. The van der Waals surface area contributed by atoms with E-state index in [0.29, 0.717) is 6.61 Å². The normalized spacial score (nSPS) is 35.6. The topological polar surface area (TPSA) is 29.5 Å². The van der Waals surface area contributed by atoms with E-state index in [1.54, 1.807) is 0 Å². The Morgan fingerprint density at radius 1 is 1.38 bits per heavy atom. The van der Waals surface area contributed by atoms with Crippen molar-refractivity contribution in [1.82, 2.24) is 0 Å². The van der Waals surface area contributed by atoms with Gasteiger partial charge in [0.25, 0.3) is 0 Å². The first-order chi connectivity index (χ1) is 7.39. The van der Waals surface area contributed by atoms with Crippen LogP contribution in [0, 0.1) is 5.92 Å². The van der Waals surface area contributed by atoms with Crippen molar-refractivity contribution < 1.29 is 9.84 Å². The van der Waals surface area contributed by atoms with Crippen LogP contribution in [0.15, 0.2) is 0 Å². The molecule has 2 nitrogen and oxygen atoms in total. The van der Waals surface area contributed by atoms with Gasteiger partial charge in [0.05, 0.1) is 17.8 Å². The van der Waals surface area contributed by atoms with Gasteiger partial charge in [-0.25, -0.2) is 0 Å². The fourth-order valence-electron chi connectivity index (χ4n) is 2.60. The van der Waals surface area contributed by atoms with Crippen molar-refractivity contribution in [3.63, 3.8) is 0 Å². The summed E-state index contributed by atoms with van der Waals surface area (Å²) in [7, 11) is 0. The first-order valence-electron chi connectivity index (χ1n) is 6.75. The molecule has 0 aliphatic carbocycles. The molecule has 0 aromatic carbocycles. The standard InChI is InChI=1S/C14H28O2/c1-5-13(4)11-14(15,9-10-16-13)8-6-7-12(2)3/h12,15H,5-11H2,1-4H3. The number of rotatable bonds is 5. The van der Waals surface area contributed by atoms with Gasteiger partial charge in [0.1, 0.15) is 0 Å². The van der Waals surface area contributed by atoms with E-state index in [9.17, 15) is 5.11 Å². The zero-order chi connectivity index (χ0) is 12.2. The minimum absolute atomic E-state index is 0.106. The molecule has 0 saturated carbocycles. The third-order valence-electron chi connectivity index (χ3n) is 3.89. The first kappa shape index (κ1) is 14.0. The Morgan fingerprint density at radius 2 is 2.06 bits per heavy atom. The molecule has 0 aromatic rings. The van der Waals surface area contributed by atoms with Crippen LogP contribution < -0.4 is 0 Å². The smallest absolute Gasteiger partial charge is 0.0697 e. The van der Waals surface area contributed by atoms with E-state index in [0.717, 1.165) is 38.0 Å². The molecule has 1 heterocycles. The number of aliphatic hydroxyl groups is 1. The number of ether oxygens (including phenoxy) is 1. The lowest BCUT2D eigenvalue weighted by molar-refractivity contribution is -0.156. The van der Waals surface area contributed by atoms with Gasteiger partial charge in [0, 0.05) is 6.42 Å². The molecule has 0 spiro atoms. The summed E-state index contributed by atoms with van der Waals surface area (Å²) >= 11 is 0. The van der Waals surface area contributed by atoms with Crippen LogP contribution in [0.5, 0.6) is 0 Å². The maximum absolute atomic E-state index is 10.6. The Morgan fingerprint density at radius 3 is 2.62 bits per heavy atom. The minimum Gasteiger partial charge on any atom is -0.390 e. The fourth-order valence-corrected chi connectivity index (χ4v) is 2.60. The Hall–Kier alpha value is -0.0800. The molecule has 1 rings (SSSR count). The molecule has 1 N–H and O–H groups in total. The quantitative estimate of drug-likeness (QED) is 0.780. The zero-order valence-corrected chi connectivity index (χ0v) is 11.4. The maximum atomic E-state index is 10.6. The molecule has 2 atom stereocenters. The van der Waals surface area contributed by atoms with Gasteiger partial charge in [-0.05, 0) is 32.1 Å². The van der Waals surface area contributed by atoms with Crippen molar-refractivity contribution in [1.29, 1.82) is 0 Å². The molecule has 1 saturated heterocycles. The highest BCUT2D eigenvalue weighted by molar-refractivity contribution is 4.92. The first-order valence-corrected chi connectivity index (χ1v) is 6.75. The summed E-state index contributed by atoms with van der Waals surface area (Å²) in [5.74, 6) is 0.737. The van der Waals surface area contributed by atoms with E-state index in [2.05, 4.69) is 27.7 Å². The molecule has 0 aromatic heterocycles. The van der Waals surface area contributed by atoms with Gasteiger partial charge in [-0.3, -0.25) is 0 Å². The van der Waals surface area contributed by atoms with Crippen molar-refractivity contribution in [3.8, 4) is 0 Å². The fraction of sp³-hybridized carbons (Fsp3) is 1.00. The molecule has 1 aliphatic rings. The van der Waals surface area contributed by atoms with Crippen LogP contribution >= 0.6 is 0 Å².